The maximum atomic E-state index is 13.4. The van der Waals surface area contributed by atoms with Gasteiger partial charge in [0.05, 0.1) is 16.0 Å². The van der Waals surface area contributed by atoms with E-state index in [4.69, 9.17) is 9.47 Å². The van der Waals surface area contributed by atoms with Gasteiger partial charge in [0.1, 0.15) is 13.2 Å². The van der Waals surface area contributed by atoms with Crippen LogP contribution in [0.1, 0.15) is 62.5 Å². The van der Waals surface area contributed by atoms with E-state index in [1.807, 2.05) is 13.0 Å². The van der Waals surface area contributed by atoms with E-state index < -0.39 is 16.8 Å². The van der Waals surface area contributed by atoms with Gasteiger partial charge in [-0.15, -0.1) is 0 Å². The molecule has 0 spiro atoms. The average Bonchev–Trinajstić information content (AvgIpc) is 2.93. The Kier molecular flexibility index (Phi) is 8.25. The summed E-state index contributed by atoms with van der Waals surface area (Å²) in [7, 11) is 0. The van der Waals surface area contributed by atoms with E-state index in [9.17, 15) is 29.6 Å². The fourth-order valence-corrected chi connectivity index (χ4v) is 6.48. The van der Waals surface area contributed by atoms with Crippen LogP contribution in [0.25, 0.3) is 0 Å². The summed E-state index contributed by atoms with van der Waals surface area (Å²) in [4.78, 5) is 50.9. The minimum Gasteiger partial charge on any atom is -0.490 e. The molecule has 1 aliphatic heterocycles. The number of carbonyl (C=O) groups excluding carboxylic acids is 2. The summed E-state index contributed by atoms with van der Waals surface area (Å²) < 4.78 is 12.6. The Labute approximate surface area is 244 Å². The summed E-state index contributed by atoms with van der Waals surface area (Å²) >= 11 is 3.61. The van der Waals surface area contributed by atoms with Gasteiger partial charge >= 0.3 is 5.97 Å². The SMILES string of the molecule is CCOc1cc(C2C3=C(CCCC3=O)N(CC(=O)O)C3=C2C(=O)CCC3)cc(Br)c1OCc1ccc([N+](=O)[O-])cc1. The van der Waals surface area contributed by atoms with Crippen molar-refractivity contribution in [3.63, 3.8) is 0 Å². The largest absolute Gasteiger partial charge is 0.490 e. The van der Waals surface area contributed by atoms with Crippen molar-refractivity contribution < 1.29 is 33.9 Å². The van der Waals surface area contributed by atoms with E-state index in [0.717, 1.165) is 5.56 Å². The smallest absolute Gasteiger partial charge is 0.323 e. The summed E-state index contributed by atoms with van der Waals surface area (Å²) in [5.74, 6) is -0.972. The maximum absolute atomic E-state index is 13.4. The predicted octanol–water partition coefficient (Wildman–Crippen LogP) is 5.83. The lowest BCUT2D eigenvalue weighted by Crippen LogP contribution is -2.41. The van der Waals surface area contributed by atoms with Crippen molar-refractivity contribution in [3.8, 4) is 11.5 Å². The number of Topliss-reactive ketones (excluding diaryl/α,β-unsaturated/α-hetero) is 2. The number of ether oxygens (including phenoxy) is 2. The molecule has 41 heavy (non-hydrogen) atoms. The third-order valence-electron chi connectivity index (χ3n) is 7.58. The Balaban J connectivity index is 1.58. The Morgan fingerprint density at radius 2 is 1.63 bits per heavy atom. The van der Waals surface area contributed by atoms with Gasteiger partial charge in [-0.25, -0.2) is 0 Å². The highest BCUT2D eigenvalue weighted by atomic mass is 79.9. The molecule has 3 aliphatic rings. The number of nitrogens with zero attached hydrogens (tertiary/aromatic N) is 2. The maximum Gasteiger partial charge on any atom is 0.323 e. The van der Waals surface area contributed by atoms with Gasteiger partial charge in [-0.1, -0.05) is 0 Å². The fraction of sp³-hybridized carbons (Fsp3) is 0.367. The number of nitro benzene ring substituents is 1. The second kappa shape index (κ2) is 11.9. The quantitative estimate of drug-likeness (QED) is 0.270. The highest BCUT2D eigenvalue weighted by Gasteiger charge is 2.44. The molecule has 0 bridgehead atoms. The van der Waals surface area contributed by atoms with Crippen molar-refractivity contribution in [2.24, 2.45) is 0 Å². The molecule has 2 aliphatic carbocycles. The number of ketones is 2. The number of halogens is 1. The molecule has 0 aromatic heterocycles. The molecule has 10 nitrogen and oxygen atoms in total. The first-order valence-corrected chi connectivity index (χ1v) is 14.3. The molecular weight excluding hydrogens is 596 g/mol. The molecule has 214 valence electrons. The lowest BCUT2D eigenvalue weighted by molar-refractivity contribution is -0.384. The van der Waals surface area contributed by atoms with Gasteiger partial charge < -0.3 is 19.5 Å². The molecule has 0 radical (unpaired) electrons. The van der Waals surface area contributed by atoms with Crippen molar-refractivity contribution in [2.45, 2.75) is 58.0 Å². The highest BCUT2D eigenvalue weighted by Crippen LogP contribution is 2.51. The van der Waals surface area contributed by atoms with Gasteiger partial charge in [-0.05, 0) is 83.9 Å². The Hall–Kier alpha value is -3.99. The number of nitro groups is 1. The predicted molar refractivity (Wildman–Crippen MR) is 152 cm³/mol. The number of aliphatic carboxylic acids is 1. The number of allylic oxidation sites excluding steroid dienone is 4. The van der Waals surface area contributed by atoms with Crippen LogP contribution < -0.4 is 9.47 Å². The third kappa shape index (κ3) is 5.63. The number of benzene rings is 2. The second-order valence-corrected chi connectivity index (χ2v) is 11.0. The average molecular weight is 625 g/mol. The van der Waals surface area contributed by atoms with E-state index in [0.29, 0.717) is 89.2 Å². The van der Waals surface area contributed by atoms with Crippen molar-refractivity contribution >= 4 is 39.2 Å². The van der Waals surface area contributed by atoms with Crippen LogP contribution in [0.4, 0.5) is 5.69 Å². The summed E-state index contributed by atoms with van der Waals surface area (Å²) in [6, 6.07) is 9.68. The van der Waals surface area contributed by atoms with Crippen LogP contribution in [-0.2, 0) is 21.0 Å². The lowest BCUT2D eigenvalue weighted by Gasteiger charge is -2.43. The number of hydrogen-bond donors (Lipinski definition) is 1. The minimum absolute atomic E-state index is 0.0134. The molecule has 2 aromatic rings. The van der Waals surface area contributed by atoms with E-state index >= 15 is 0 Å². The van der Waals surface area contributed by atoms with Crippen LogP contribution in [0.3, 0.4) is 0 Å². The number of non-ortho nitro benzene ring substituents is 1. The molecule has 1 heterocycles. The van der Waals surface area contributed by atoms with Crippen LogP contribution >= 0.6 is 15.9 Å². The number of carbonyl (C=O) groups is 3. The molecule has 0 unspecified atom stereocenters. The molecule has 2 aromatic carbocycles. The Morgan fingerprint density at radius 3 is 2.17 bits per heavy atom. The van der Waals surface area contributed by atoms with Crippen molar-refractivity contribution in [1.29, 1.82) is 0 Å². The summed E-state index contributed by atoms with van der Waals surface area (Å²) in [5.41, 5.74) is 3.75. The Morgan fingerprint density at radius 1 is 1.02 bits per heavy atom. The standard InChI is InChI=1S/C30H29BrN2O8/c1-2-40-25-14-18(13-20(31)30(25)41-16-17-9-11-19(12-10-17)33(38)39)27-28-21(5-3-7-23(28)34)32(15-26(36)37)22-6-4-8-24(35)29(22)27/h9-14,27H,2-8,15-16H2,1H3,(H,36,37). The molecule has 0 fully saturated rings. The first-order valence-electron chi connectivity index (χ1n) is 13.5. The topological polar surface area (TPSA) is 136 Å². The Bertz CT molecular complexity index is 1450. The monoisotopic (exact) mass is 624 g/mol. The van der Waals surface area contributed by atoms with Crippen molar-refractivity contribution in [2.75, 3.05) is 13.2 Å². The van der Waals surface area contributed by atoms with Gasteiger partial charge in [0, 0.05) is 53.4 Å². The normalized spacial score (nSPS) is 17.4. The van der Waals surface area contributed by atoms with Crippen LogP contribution in [0.15, 0.2) is 63.4 Å². The summed E-state index contributed by atoms with van der Waals surface area (Å²) in [6.45, 7) is 2.00. The molecule has 0 atom stereocenters. The molecule has 0 amide bonds. The summed E-state index contributed by atoms with van der Waals surface area (Å²) in [6.07, 6.45) is 3.05. The fourth-order valence-electron chi connectivity index (χ4n) is 5.90. The molecule has 1 N–H and O–H groups in total. The van der Waals surface area contributed by atoms with E-state index in [1.165, 1.54) is 12.1 Å². The zero-order chi connectivity index (χ0) is 29.3. The zero-order valence-electron chi connectivity index (χ0n) is 22.5. The van der Waals surface area contributed by atoms with Gasteiger partial charge in [0.15, 0.2) is 23.1 Å². The second-order valence-electron chi connectivity index (χ2n) is 10.2. The number of rotatable bonds is 9. The number of hydrogen-bond acceptors (Lipinski definition) is 8. The summed E-state index contributed by atoms with van der Waals surface area (Å²) in [5, 5.41) is 20.6. The van der Waals surface area contributed by atoms with Gasteiger partial charge in [-0.2, -0.15) is 0 Å². The van der Waals surface area contributed by atoms with Crippen LogP contribution in [0.5, 0.6) is 11.5 Å². The third-order valence-corrected chi connectivity index (χ3v) is 8.16. The first kappa shape index (κ1) is 28.5. The highest BCUT2D eigenvalue weighted by molar-refractivity contribution is 9.10. The van der Waals surface area contributed by atoms with Gasteiger partial charge in [0.2, 0.25) is 0 Å². The van der Waals surface area contributed by atoms with Crippen molar-refractivity contribution in [1.82, 2.24) is 4.90 Å². The van der Waals surface area contributed by atoms with Crippen LogP contribution in [0.2, 0.25) is 0 Å². The minimum atomic E-state index is -1.02. The van der Waals surface area contributed by atoms with Gasteiger partial charge in [-0.3, -0.25) is 24.5 Å². The zero-order valence-corrected chi connectivity index (χ0v) is 24.1. The molecule has 0 saturated heterocycles. The first-order chi connectivity index (χ1) is 19.7. The van der Waals surface area contributed by atoms with E-state index in [2.05, 4.69) is 15.9 Å². The lowest BCUT2D eigenvalue weighted by atomic mass is 9.71. The molecule has 11 heteroatoms. The molecular formula is C30H29BrN2O8. The molecule has 5 rings (SSSR count). The van der Waals surface area contributed by atoms with Crippen molar-refractivity contribution in [3.05, 3.63) is 84.7 Å². The van der Waals surface area contributed by atoms with E-state index in [1.54, 1.807) is 23.1 Å². The number of carboxylic acid groups (broad SMARTS) is 1. The van der Waals surface area contributed by atoms with Gasteiger partial charge in [0.25, 0.3) is 5.69 Å². The van der Waals surface area contributed by atoms with E-state index in [-0.39, 0.29) is 30.4 Å². The van der Waals surface area contributed by atoms with Crippen LogP contribution in [0, 0.1) is 10.1 Å². The number of carboxylic acids is 1. The molecule has 0 saturated carbocycles. The van der Waals surface area contributed by atoms with Crippen LogP contribution in [-0.4, -0.2) is 45.6 Å².